The van der Waals surface area contributed by atoms with Gasteiger partial charge in [0.1, 0.15) is 5.58 Å². The minimum Gasteiger partial charge on any atom is -0.438 e. The molecule has 2 heterocycles. The van der Waals surface area contributed by atoms with Crippen molar-refractivity contribution >= 4 is 16.8 Å². The Balaban J connectivity index is 1.68. The Kier molecular flexibility index (Phi) is 5.00. The van der Waals surface area contributed by atoms with Crippen LogP contribution in [0.15, 0.2) is 69.9 Å². The van der Waals surface area contributed by atoms with E-state index in [1.165, 1.54) is 6.07 Å². The lowest BCUT2D eigenvalue weighted by Crippen LogP contribution is -2.50. The molecular weight excluding hydrogens is 346 g/mol. The molecule has 2 aromatic carbocycles. The van der Waals surface area contributed by atoms with E-state index in [0.29, 0.717) is 42.8 Å². The Morgan fingerprint density at radius 1 is 1.00 bits per heavy atom. The summed E-state index contributed by atoms with van der Waals surface area (Å²) >= 11 is 0. The van der Waals surface area contributed by atoms with E-state index in [9.17, 15) is 9.59 Å². The molecule has 0 bridgehead atoms. The summed E-state index contributed by atoms with van der Waals surface area (Å²) in [7, 11) is 0. The number of Topliss-reactive ketones (excluding diaryl/α,β-unsaturated/α-hetero) is 1. The fourth-order valence-electron chi connectivity index (χ4n) is 3.10. The monoisotopic (exact) mass is 365 g/mol. The Hall–Kier alpha value is -2.96. The first-order chi connectivity index (χ1) is 13.2. The highest BCUT2D eigenvalue weighted by molar-refractivity contribution is 5.99. The van der Waals surface area contributed by atoms with Gasteiger partial charge < -0.3 is 13.9 Å². The summed E-state index contributed by atoms with van der Waals surface area (Å²) in [6, 6.07) is 17.2. The number of para-hydroxylation sites is 1. The van der Waals surface area contributed by atoms with Crippen LogP contribution in [0.3, 0.4) is 0 Å². The molecule has 138 valence electrons. The number of hydrogen-bond donors (Lipinski definition) is 0. The number of ketones is 1. The Bertz CT molecular complexity index is 992. The zero-order valence-corrected chi connectivity index (χ0v) is 14.7. The zero-order valence-electron chi connectivity index (χ0n) is 14.7. The van der Waals surface area contributed by atoms with Crippen molar-refractivity contribution < 1.29 is 18.7 Å². The summed E-state index contributed by atoms with van der Waals surface area (Å²) in [5.74, 6) is -0.159. The van der Waals surface area contributed by atoms with Crippen LogP contribution in [0.5, 0.6) is 5.95 Å². The van der Waals surface area contributed by atoms with Gasteiger partial charge in [-0.3, -0.25) is 14.5 Å². The molecule has 3 aromatic rings. The number of carbonyl (C=O) groups excluding carboxylic acids is 1. The molecule has 0 radical (unpaired) electrons. The van der Waals surface area contributed by atoms with Crippen LogP contribution in [-0.2, 0) is 4.74 Å². The molecule has 0 N–H and O–H groups in total. The normalized spacial score (nSPS) is 16.1. The Morgan fingerprint density at radius 2 is 1.70 bits per heavy atom. The number of hydrogen-bond acceptors (Lipinski definition) is 6. The SMILES string of the molecule is O=C(c1ccccc1)C(Oc1cc(=O)c2ccccc2o1)N1CCOCC1. The molecule has 0 aliphatic carbocycles. The van der Waals surface area contributed by atoms with Crippen molar-refractivity contribution in [3.8, 4) is 5.95 Å². The number of carbonyl (C=O) groups is 1. The number of ether oxygens (including phenoxy) is 2. The molecule has 27 heavy (non-hydrogen) atoms. The van der Waals surface area contributed by atoms with Gasteiger partial charge in [-0.1, -0.05) is 42.5 Å². The van der Waals surface area contributed by atoms with Crippen LogP contribution in [0.2, 0.25) is 0 Å². The highest BCUT2D eigenvalue weighted by atomic mass is 16.6. The fraction of sp³-hybridized carbons (Fsp3) is 0.238. The number of rotatable bonds is 5. The fourth-order valence-corrected chi connectivity index (χ4v) is 3.10. The van der Waals surface area contributed by atoms with Crippen LogP contribution in [0, 0.1) is 0 Å². The molecular formula is C21H19NO5. The van der Waals surface area contributed by atoms with Crippen LogP contribution in [0.4, 0.5) is 0 Å². The van der Waals surface area contributed by atoms with Gasteiger partial charge in [-0.15, -0.1) is 0 Å². The molecule has 4 rings (SSSR count). The maximum Gasteiger partial charge on any atom is 0.290 e. The van der Waals surface area contributed by atoms with Crippen molar-refractivity contribution in [2.75, 3.05) is 26.3 Å². The molecule has 1 unspecified atom stereocenters. The number of benzene rings is 2. The lowest BCUT2D eigenvalue weighted by molar-refractivity contribution is -0.0398. The van der Waals surface area contributed by atoms with Gasteiger partial charge in [0.15, 0.2) is 5.43 Å². The van der Waals surface area contributed by atoms with Gasteiger partial charge in [0.05, 0.1) is 24.7 Å². The van der Waals surface area contributed by atoms with Gasteiger partial charge in [-0.25, -0.2) is 0 Å². The maximum atomic E-state index is 13.1. The Labute approximate surface area is 155 Å². The van der Waals surface area contributed by atoms with Gasteiger partial charge >= 0.3 is 0 Å². The molecule has 1 aromatic heterocycles. The van der Waals surface area contributed by atoms with E-state index in [2.05, 4.69) is 0 Å². The van der Waals surface area contributed by atoms with E-state index in [4.69, 9.17) is 13.9 Å². The second kappa shape index (κ2) is 7.73. The second-order valence-corrected chi connectivity index (χ2v) is 6.27. The summed E-state index contributed by atoms with van der Waals surface area (Å²) in [6.45, 7) is 2.15. The zero-order chi connectivity index (χ0) is 18.6. The third-order valence-corrected chi connectivity index (χ3v) is 4.50. The van der Waals surface area contributed by atoms with E-state index in [1.807, 2.05) is 11.0 Å². The first kappa shape index (κ1) is 17.5. The van der Waals surface area contributed by atoms with Crippen LogP contribution in [0.25, 0.3) is 11.0 Å². The molecule has 1 atom stereocenters. The molecule has 1 saturated heterocycles. The largest absolute Gasteiger partial charge is 0.438 e. The summed E-state index contributed by atoms with van der Waals surface area (Å²) in [4.78, 5) is 27.3. The molecule has 6 nitrogen and oxygen atoms in total. The summed E-state index contributed by atoms with van der Waals surface area (Å²) in [5.41, 5.74) is 0.754. The average molecular weight is 365 g/mol. The molecule has 1 fully saturated rings. The first-order valence-electron chi connectivity index (χ1n) is 8.83. The lowest BCUT2D eigenvalue weighted by atomic mass is 10.1. The Morgan fingerprint density at radius 3 is 2.48 bits per heavy atom. The smallest absolute Gasteiger partial charge is 0.290 e. The minimum absolute atomic E-state index is 0.0273. The van der Waals surface area contributed by atoms with Gasteiger partial charge in [0.25, 0.3) is 5.95 Å². The van der Waals surface area contributed by atoms with Crippen molar-refractivity contribution in [3.63, 3.8) is 0 Å². The lowest BCUT2D eigenvalue weighted by Gasteiger charge is -2.32. The molecule has 0 spiro atoms. The second-order valence-electron chi connectivity index (χ2n) is 6.27. The van der Waals surface area contributed by atoms with Crippen molar-refractivity contribution in [2.24, 2.45) is 0 Å². The van der Waals surface area contributed by atoms with Gasteiger partial charge in [0, 0.05) is 18.7 Å². The quantitative estimate of drug-likeness (QED) is 0.648. The van der Waals surface area contributed by atoms with E-state index < -0.39 is 6.23 Å². The minimum atomic E-state index is -0.888. The van der Waals surface area contributed by atoms with E-state index in [1.54, 1.807) is 48.5 Å². The van der Waals surface area contributed by atoms with Crippen LogP contribution in [0.1, 0.15) is 10.4 Å². The number of nitrogens with zero attached hydrogens (tertiary/aromatic N) is 1. The van der Waals surface area contributed by atoms with Crippen LogP contribution >= 0.6 is 0 Å². The molecule has 1 aliphatic rings. The van der Waals surface area contributed by atoms with Crippen LogP contribution < -0.4 is 10.2 Å². The number of fused-ring (bicyclic) bond motifs is 1. The van der Waals surface area contributed by atoms with E-state index in [0.717, 1.165) is 0 Å². The van der Waals surface area contributed by atoms with Gasteiger partial charge in [-0.05, 0) is 12.1 Å². The van der Waals surface area contributed by atoms with E-state index in [-0.39, 0.29) is 17.2 Å². The number of morpholine rings is 1. The molecule has 0 amide bonds. The molecule has 0 saturated carbocycles. The predicted molar refractivity (Wildman–Crippen MR) is 100 cm³/mol. The predicted octanol–water partition coefficient (Wildman–Crippen LogP) is 2.71. The summed E-state index contributed by atoms with van der Waals surface area (Å²) in [6.07, 6.45) is -0.888. The topological polar surface area (TPSA) is 69.0 Å². The standard InChI is InChI=1S/C21H19NO5/c23-17-14-19(26-18-9-5-4-8-16(17)18)27-21(22-10-12-25-13-11-22)20(24)15-6-2-1-3-7-15/h1-9,14,21H,10-13H2. The maximum absolute atomic E-state index is 13.1. The molecule has 1 aliphatic heterocycles. The van der Waals surface area contributed by atoms with Crippen LogP contribution in [-0.4, -0.2) is 43.2 Å². The summed E-state index contributed by atoms with van der Waals surface area (Å²) in [5, 5.41) is 0.474. The van der Waals surface area contributed by atoms with Crippen molar-refractivity contribution in [3.05, 3.63) is 76.5 Å². The third kappa shape index (κ3) is 3.77. The summed E-state index contributed by atoms with van der Waals surface area (Å²) < 4.78 is 17.0. The van der Waals surface area contributed by atoms with E-state index >= 15 is 0 Å². The average Bonchev–Trinajstić information content (AvgIpc) is 2.73. The third-order valence-electron chi connectivity index (χ3n) is 4.50. The van der Waals surface area contributed by atoms with Gasteiger partial charge in [0.2, 0.25) is 12.0 Å². The molecule has 6 heteroatoms. The first-order valence-corrected chi connectivity index (χ1v) is 8.83. The highest BCUT2D eigenvalue weighted by Gasteiger charge is 2.31. The van der Waals surface area contributed by atoms with Gasteiger partial charge in [-0.2, -0.15) is 0 Å². The van der Waals surface area contributed by atoms with Crippen molar-refractivity contribution in [2.45, 2.75) is 6.23 Å². The van der Waals surface area contributed by atoms with Crippen molar-refractivity contribution in [1.82, 2.24) is 4.90 Å². The van der Waals surface area contributed by atoms with Crippen molar-refractivity contribution in [1.29, 1.82) is 0 Å². The highest BCUT2D eigenvalue weighted by Crippen LogP contribution is 2.21.